The number of hydrogen-bond donors (Lipinski definition) is 1. The summed E-state index contributed by atoms with van der Waals surface area (Å²) in [6.07, 6.45) is 0.692. The summed E-state index contributed by atoms with van der Waals surface area (Å²) in [5.74, 6) is -0.179. The van der Waals surface area contributed by atoms with Gasteiger partial charge in [0, 0.05) is 12.1 Å². The first-order valence-electron chi connectivity index (χ1n) is 4.58. The van der Waals surface area contributed by atoms with E-state index in [1.54, 1.807) is 0 Å². The van der Waals surface area contributed by atoms with Crippen molar-refractivity contribution < 1.29 is 9.53 Å². The number of benzene rings is 1. The second kappa shape index (κ2) is 2.61. The van der Waals surface area contributed by atoms with E-state index >= 15 is 0 Å². The Morgan fingerprint density at radius 3 is 3.07 bits per heavy atom. The van der Waals surface area contributed by atoms with Gasteiger partial charge < -0.3 is 10.1 Å². The van der Waals surface area contributed by atoms with Crippen LogP contribution in [0.5, 0.6) is 0 Å². The fourth-order valence-electron chi connectivity index (χ4n) is 1.87. The highest BCUT2D eigenvalue weighted by Crippen LogP contribution is 2.30. The molecule has 2 heterocycles. The Balaban J connectivity index is 2.06. The summed E-state index contributed by atoms with van der Waals surface area (Å²) in [7, 11) is 0. The van der Waals surface area contributed by atoms with Crippen LogP contribution in [0.1, 0.15) is 5.56 Å². The molecular formula is C11H9NO2. The molecule has 3 nitrogen and oxygen atoms in total. The highest BCUT2D eigenvalue weighted by Gasteiger charge is 2.28. The molecule has 3 rings (SSSR count). The zero-order valence-electron chi connectivity index (χ0n) is 7.54. The van der Waals surface area contributed by atoms with Crippen LogP contribution in [-0.4, -0.2) is 12.6 Å². The first-order valence-corrected chi connectivity index (χ1v) is 4.58. The van der Waals surface area contributed by atoms with Gasteiger partial charge in [0.2, 0.25) is 0 Å². The van der Waals surface area contributed by atoms with E-state index in [0.717, 1.165) is 22.5 Å². The smallest absolute Gasteiger partial charge is 0.336 e. The minimum absolute atomic E-state index is 0.179. The molecule has 2 aliphatic heterocycles. The molecule has 0 radical (unpaired) electrons. The van der Waals surface area contributed by atoms with Crippen LogP contribution in [-0.2, 0) is 16.0 Å². The van der Waals surface area contributed by atoms with Crippen molar-refractivity contribution in [2.75, 3.05) is 11.9 Å². The molecule has 0 bridgehead atoms. The number of cyclic esters (lactones) is 1. The Kier molecular flexibility index (Phi) is 1.42. The van der Waals surface area contributed by atoms with E-state index < -0.39 is 0 Å². The van der Waals surface area contributed by atoms with Crippen LogP contribution < -0.4 is 5.32 Å². The van der Waals surface area contributed by atoms with Crippen molar-refractivity contribution >= 4 is 11.7 Å². The summed E-state index contributed by atoms with van der Waals surface area (Å²) in [6, 6.07) is 8.00. The molecule has 0 aliphatic carbocycles. The third-order valence-corrected chi connectivity index (χ3v) is 2.63. The van der Waals surface area contributed by atoms with Gasteiger partial charge in [-0.2, -0.15) is 0 Å². The zero-order chi connectivity index (χ0) is 9.54. The Labute approximate surface area is 81.4 Å². The number of esters is 1. The number of rotatable bonds is 0. The van der Waals surface area contributed by atoms with Crippen molar-refractivity contribution in [1.82, 2.24) is 0 Å². The average molecular weight is 187 g/mol. The lowest BCUT2D eigenvalue weighted by Gasteiger charge is -2.17. The summed E-state index contributed by atoms with van der Waals surface area (Å²) in [4.78, 5) is 11.3. The molecule has 0 amide bonds. The lowest BCUT2D eigenvalue weighted by molar-refractivity contribution is -0.136. The number of ether oxygens (including phenoxy) is 1. The van der Waals surface area contributed by atoms with E-state index in [9.17, 15) is 4.79 Å². The van der Waals surface area contributed by atoms with E-state index in [1.807, 2.05) is 24.3 Å². The maximum Gasteiger partial charge on any atom is 0.336 e. The van der Waals surface area contributed by atoms with Crippen molar-refractivity contribution in [3.63, 3.8) is 0 Å². The number of carbonyl (C=O) groups is 1. The predicted octanol–water partition coefficient (Wildman–Crippen LogP) is 1.47. The largest absolute Gasteiger partial charge is 0.456 e. The lowest BCUT2D eigenvalue weighted by atomic mass is 9.99. The van der Waals surface area contributed by atoms with Crippen molar-refractivity contribution in [3.8, 4) is 0 Å². The van der Waals surface area contributed by atoms with E-state index in [2.05, 4.69) is 5.32 Å². The summed E-state index contributed by atoms with van der Waals surface area (Å²) in [5, 5.41) is 3.22. The van der Waals surface area contributed by atoms with Crippen LogP contribution in [0.25, 0.3) is 0 Å². The molecule has 0 saturated heterocycles. The molecule has 2 aliphatic rings. The second-order valence-corrected chi connectivity index (χ2v) is 3.49. The number of anilines is 1. The number of nitrogens with one attached hydrogen (secondary N) is 1. The molecular weight excluding hydrogens is 178 g/mol. The molecule has 0 aromatic heterocycles. The average Bonchev–Trinajstić information content (AvgIpc) is 2.57. The Morgan fingerprint density at radius 2 is 2.14 bits per heavy atom. The number of para-hydroxylation sites is 1. The number of carbonyl (C=O) groups excluding carboxylic acids is 1. The fourth-order valence-corrected chi connectivity index (χ4v) is 1.87. The maximum absolute atomic E-state index is 11.3. The summed E-state index contributed by atoms with van der Waals surface area (Å²) in [5.41, 5.74) is 3.95. The lowest BCUT2D eigenvalue weighted by Crippen LogP contribution is -2.12. The molecule has 3 heteroatoms. The quantitative estimate of drug-likeness (QED) is 0.625. The standard InChI is InChI=1S/C11H9NO2/c13-11-8-5-7-3-1-2-4-9(7)12-10(8)6-14-11/h1-4,12H,5-6H2. The molecule has 14 heavy (non-hydrogen) atoms. The van der Waals surface area contributed by atoms with Gasteiger partial charge in [0.1, 0.15) is 6.61 Å². The van der Waals surface area contributed by atoms with Crippen LogP contribution in [0.15, 0.2) is 35.5 Å². The van der Waals surface area contributed by atoms with E-state index in [-0.39, 0.29) is 5.97 Å². The fraction of sp³-hybridized carbons (Fsp3) is 0.182. The van der Waals surface area contributed by atoms with Crippen molar-refractivity contribution in [2.24, 2.45) is 0 Å². The van der Waals surface area contributed by atoms with Crippen molar-refractivity contribution in [2.45, 2.75) is 6.42 Å². The summed E-state index contributed by atoms with van der Waals surface area (Å²) in [6.45, 7) is 0.391. The van der Waals surface area contributed by atoms with E-state index in [0.29, 0.717) is 13.0 Å². The van der Waals surface area contributed by atoms with Gasteiger partial charge in [-0.3, -0.25) is 0 Å². The number of fused-ring (bicyclic) bond motifs is 1. The van der Waals surface area contributed by atoms with Crippen LogP contribution >= 0.6 is 0 Å². The molecule has 1 aromatic carbocycles. The van der Waals surface area contributed by atoms with Gasteiger partial charge >= 0.3 is 5.97 Å². The van der Waals surface area contributed by atoms with Gasteiger partial charge in [-0.1, -0.05) is 18.2 Å². The Bertz CT molecular complexity index is 448. The highest BCUT2D eigenvalue weighted by atomic mass is 16.5. The molecule has 0 spiro atoms. The number of hydrogen-bond acceptors (Lipinski definition) is 3. The van der Waals surface area contributed by atoms with Crippen LogP contribution in [0.4, 0.5) is 5.69 Å². The van der Waals surface area contributed by atoms with Crippen molar-refractivity contribution in [3.05, 3.63) is 41.1 Å². The predicted molar refractivity (Wildman–Crippen MR) is 51.8 cm³/mol. The second-order valence-electron chi connectivity index (χ2n) is 3.49. The van der Waals surface area contributed by atoms with Crippen LogP contribution in [0.2, 0.25) is 0 Å². The minimum atomic E-state index is -0.179. The SMILES string of the molecule is O=C1OCC2=C1Cc1ccccc1N2. The van der Waals surface area contributed by atoms with Gasteiger partial charge in [0.15, 0.2) is 0 Å². The topological polar surface area (TPSA) is 38.3 Å². The molecule has 70 valence electrons. The summed E-state index contributed by atoms with van der Waals surface area (Å²) >= 11 is 0. The van der Waals surface area contributed by atoms with E-state index in [4.69, 9.17) is 4.74 Å². The molecule has 1 aromatic rings. The molecule has 0 unspecified atom stereocenters. The minimum Gasteiger partial charge on any atom is -0.456 e. The molecule has 0 saturated carbocycles. The van der Waals surface area contributed by atoms with Crippen LogP contribution in [0.3, 0.4) is 0 Å². The third-order valence-electron chi connectivity index (χ3n) is 2.63. The molecule has 0 fully saturated rings. The van der Waals surface area contributed by atoms with E-state index in [1.165, 1.54) is 0 Å². The first kappa shape index (κ1) is 7.62. The van der Waals surface area contributed by atoms with Gasteiger partial charge in [-0.15, -0.1) is 0 Å². The van der Waals surface area contributed by atoms with Gasteiger partial charge in [-0.05, 0) is 11.6 Å². The summed E-state index contributed by atoms with van der Waals surface area (Å²) < 4.78 is 4.96. The Hall–Kier alpha value is -1.77. The normalized spacial score (nSPS) is 18.4. The molecule has 0 atom stereocenters. The molecule has 1 N–H and O–H groups in total. The van der Waals surface area contributed by atoms with Crippen LogP contribution in [0, 0.1) is 0 Å². The van der Waals surface area contributed by atoms with Gasteiger partial charge in [-0.25, -0.2) is 4.79 Å². The van der Waals surface area contributed by atoms with Gasteiger partial charge in [0.05, 0.1) is 11.3 Å². The zero-order valence-corrected chi connectivity index (χ0v) is 7.54. The highest BCUT2D eigenvalue weighted by molar-refractivity contribution is 5.94. The third kappa shape index (κ3) is 0.954. The Morgan fingerprint density at radius 1 is 1.29 bits per heavy atom. The van der Waals surface area contributed by atoms with Crippen molar-refractivity contribution in [1.29, 1.82) is 0 Å². The first-order chi connectivity index (χ1) is 6.84. The monoisotopic (exact) mass is 187 g/mol. The van der Waals surface area contributed by atoms with Gasteiger partial charge in [0.25, 0.3) is 0 Å². The maximum atomic E-state index is 11.3.